The Morgan fingerprint density at radius 2 is 1.48 bits per heavy atom. The summed E-state index contributed by atoms with van der Waals surface area (Å²) >= 11 is 0. The fraction of sp³-hybridized carbons (Fsp3) is 0.167. The molecular weight excluding hydrogens is 332 g/mol. The van der Waals surface area contributed by atoms with Gasteiger partial charge in [-0.15, -0.1) is 0 Å². The molecule has 0 saturated heterocycles. The third-order valence-electron chi connectivity index (χ3n) is 4.83. The quantitative estimate of drug-likeness (QED) is 0.513. The van der Waals surface area contributed by atoms with Gasteiger partial charge in [0.25, 0.3) is 0 Å². The summed E-state index contributed by atoms with van der Waals surface area (Å²) in [6.45, 7) is 1.87. The maximum absolute atomic E-state index is 10.6. The molecule has 0 aliphatic carbocycles. The predicted molar refractivity (Wildman–Crippen MR) is 112 cm³/mol. The largest absolute Gasteiger partial charge is 0.390 e. The maximum atomic E-state index is 10.6. The van der Waals surface area contributed by atoms with E-state index in [0.29, 0.717) is 13.1 Å². The molecule has 3 aromatic carbocycles. The normalized spacial score (nSPS) is 12.3. The number of hydrogen-bond acceptors (Lipinski definition) is 2. The van der Waals surface area contributed by atoms with E-state index in [2.05, 4.69) is 70.5 Å². The molecule has 1 atom stereocenters. The maximum Gasteiger partial charge on any atom is 0.0843 e. The molecule has 3 nitrogen and oxygen atoms in total. The molecule has 27 heavy (non-hydrogen) atoms. The predicted octanol–water partition coefficient (Wildman–Crippen LogP) is 4.46. The van der Waals surface area contributed by atoms with Crippen LogP contribution in [0.4, 0.5) is 0 Å². The summed E-state index contributed by atoms with van der Waals surface area (Å²) in [5.74, 6) is 0. The zero-order chi connectivity index (χ0) is 18.5. The van der Waals surface area contributed by atoms with E-state index >= 15 is 0 Å². The zero-order valence-corrected chi connectivity index (χ0v) is 15.3. The first kappa shape index (κ1) is 17.5. The summed E-state index contributed by atoms with van der Waals surface area (Å²) in [6, 6.07) is 31.2. The van der Waals surface area contributed by atoms with Crippen molar-refractivity contribution < 1.29 is 5.11 Å². The first-order valence-electron chi connectivity index (χ1n) is 9.37. The fourth-order valence-electron chi connectivity index (χ4n) is 3.51. The number of aromatic nitrogens is 1. The Balaban J connectivity index is 1.52. The Morgan fingerprint density at radius 3 is 2.26 bits per heavy atom. The van der Waals surface area contributed by atoms with E-state index < -0.39 is 6.10 Å². The highest BCUT2D eigenvalue weighted by molar-refractivity contribution is 5.87. The summed E-state index contributed by atoms with van der Waals surface area (Å²) < 4.78 is 2.22. The fourth-order valence-corrected chi connectivity index (χ4v) is 3.51. The zero-order valence-electron chi connectivity index (χ0n) is 15.3. The molecule has 1 unspecified atom stereocenters. The van der Waals surface area contributed by atoms with Crippen LogP contribution >= 0.6 is 0 Å². The smallest absolute Gasteiger partial charge is 0.0843 e. The summed E-state index contributed by atoms with van der Waals surface area (Å²) in [7, 11) is 0. The van der Waals surface area contributed by atoms with E-state index in [1.807, 2.05) is 30.3 Å². The standard InChI is InChI=1S/C24H24N2O/c27-22(17-25-16-19-9-3-1-4-10-19)18-26-23-14-8-7-13-21(23)15-24(26)20-11-5-2-6-12-20/h1-15,22,25,27H,16-18H2. The Kier molecular flexibility index (Phi) is 5.33. The first-order chi connectivity index (χ1) is 13.3. The van der Waals surface area contributed by atoms with Crippen molar-refractivity contribution in [3.8, 4) is 11.3 Å². The van der Waals surface area contributed by atoms with E-state index in [-0.39, 0.29) is 0 Å². The van der Waals surface area contributed by atoms with Crippen molar-refractivity contribution in [3.05, 3.63) is 96.6 Å². The van der Waals surface area contributed by atoms with Crippen LogP contribution in [-0.4, -0.2) is 22.3 Å². The lowest BCUT2D eigenvalue weighted by Crippen LogP contribution is -2.30. The van der Waals surface area contributed by atoms with Crippen molar-refractivity contribution in [1.29, 1.82) is 0 Å². The van der Waals surface area contributed by atoms with Gasteiger partial charge in [-0.1, -0.05) is 78.9 Å². The molecule has 0 radical (unpaired) electrons. The second-order valence-corrected chi connectivity index (χ2v) is 6.84. The second-order valence-electron chi connectivity index (χ2n) is 6.84. The monoisotopic (exact) mass is 356 g/mol. The summed E-state index contributed by atoms with van der Waals surface area (Å²) in [6.07, 6.45) is -0.466. The lowest BCUT2D eigenvalue weighted by molar-refractivity contribution is 0.153. The molecule has 3 heteroatoms. The molecule has 1 heterocycles. The number of nitrogens with one attached hydrogen (secondary N) is 1. The van der Waals surface area contributed by atoms with Gasteiger partial charge >= 0.3 is 0 Å². The van der Waals surface area contributed by atoms with Gasteiger partial charge in [-0.3, -0.25) is 0 Å². The summed E-state index contributed by atoms with van der Waals surface area (Å²) in [5.41, 5.74) is 4.68. The van der Waals surface area contributed by atoms with Crippen LogP contribution in [-0.2, 0) is 13.1 Å². The Hall–Kier alpha value is -2.88. The average molecular weight is 356 g/mol. The van der Waals surface area contributed by atoms with Crippen LogP contribution in [0.25, 0.3) is 22.2 Å². The lowest BCUT2D eigenvalue weighted by atomic mass is 10.1. The van der Waals surface area contributed by atoms with Gasteiger partial charge in [-0.2, -0.15) is 0 Å². The molecular formula is C24H24N2O. The molecule has 0 spiro atoms. The molecule has 4 rings (SSSR count). The molecule has 4 aromatic rings. The van der Waals surface area contributed by atoms with Crippen molar-refractivity contribution in [1.82, 2.24) is 9.88 Å². The van der Waals surface area contributed by atoms with Crippen LogP contribution in [0.1, 0.15) is 5.56 Å². The minimum atomic E-state index is -0.466. The van der Waals surface area contributed by atoms with Gasteiger partial charge in [0, 0.05) is 29.7 Å². The number of benzene rings is 3. The van der Waals surface area contributed by atoms with Crippen molar-refractivity contribution in [2.24, 2.45) is 0 Å². The van der Waals surface area contributed by atoms with Crippen LogP contribution in [0, 0.1) is 0 Å². The van der Waals surface area contributed by atoms with Gasteiger partial charge in [0.1, 0.15) is 0 Å². The lowest BCUT2D eigenvalue weighted by Gasteiger charge is -2.17. The van der Waals surface area contributed by atoms with Crippen molar-refractivity contribution in [3.63, 3.8) is 0 Å². The van der Waals surface area contributed by atoms with E-state index in [9.17, 15) is 5.11 Å². The number of nitrogens with zero attached hydrogens (tertiary/aromatic N) is 1. The van der Waals surface area contributed by atoms with Gasteiger partial charge in [0.2, 0.25) is 0 Å². The van der Waals surface area contributed by atoms with Crippen LogP contribution in [0.5, 0.6) is 0 Å². The first-order valence-corrected chi connectivity index (χ1v) is 9.37. The van der Waals surface area contributed by atoms with Gasteiger partial charge in [-0.25, -0.2) is 0 Å². The second kappa shape index (κ2) is 8.21. The van der Waals surface area contributed by atoms with Crippen LogP contribution in [0.3, 0.4) is 0 Å². The van der Waals surface area contributed by atoms with Gasteiger partial charge < -0.3 is 15.0 Å². The van der Waals surface area contributed by atoms with Gasteiger partial charge in [0.15, 0.2) is 0 Å². The number of fused-ring (bicyclic) bond motifs is 1. The number of hydrogen-bond donors (Lipinski definition) is 2. The van der Waals surface area contributed by atoms with Crippen LogP contribution in [0.15, 0.2) is 91.0 Å². The van der Waals surface area contributed by atoms with E-state index in [1.54, 1.807) is 0 Å². The minimum Gasteiger partial charge on any atom is -0.390 e. The molecule has 136 valence electrons. The van der Waals surface area contributed by atoms with Crippen LogP contribution < -0.4 is 5.32 Å². The van der Waals surface area contributed by atoms with Gasteiger partial charge in [0.05, 0.1) is 12.6 Å². The molecule has 0 bridgehead atoms. The molecule has 0 aliphatic rings. The van der Waals surface area contributed by atoms with E-state index in [1.165, 1.54) is 10.9 Å². The SMILES string of the molecule is OC(CNCc1ccccc1)Cn1c(-c2ccccc2)cc2ccccc21. The number of para-hydroxylation sites is 1. The molecule has 0 aliphatic heterocycles. The van der Waals surface area contributed by atoms with E-state index in [4.69, 9.17) is 0 Å². The minimum absolute atomic E-state index is 0.466. The van der Waals surface area contributed by atoms with Crippen molar-refractivity contribution >= 4 is 10.9 Å². The number of aliphatic hydroxyl groups is 1. The molecule has 2 N–H and O–H groups in total. The Morgan fingerprint density at radius 1 is 0.815 bits per heavy atom. The Labute approximate surface area is 159 Å². The molecule has 0 saturated carbocycles. The third kappa shape index (κ3) is 4.11. The highest BCUT2D eigenvalue weighted by atomic mass is 16.3. The highest BCUT2D eigenvalue weighted by Gasteiger charge is 2.13. The molecule has 1 aromatic heterocycles. The molecule has 0 fully saturated rings. The van der Waals surface area contributed by atoms with Crippen molar-refractivity contribution in [2.45, 2.75) is 19.2 Å². The van der Waals surface area contributed by atoms with Crippen molar-refractivity contribution in [2.75, 3.05) is 6.54 Å². The highest BCUT2D eigenvalue weighted by Crippen LogP contribution is 2.28. The van der Waals surface area contributed by atoms with Gasteiger partial charge in [-0.05, 0) is 23.3 Å². The third-order valence-corrected chi connectivity index (χ3v) is 4.83. The topological polar surface area (TPSA) is 37.2 Å². The number of aliphatic hydroxyl groups excluding tert-OH is 1. The summed E-state index contributed by atoms with van der Waals surface area (Å²) in [5, 5.41) is 15.2. The van der Waals surface area contributed by atoms with Crippen LogP contribution in [0.2, 0.25) is 0 Å². The average Bonchev–Trinajstić information content (AvgIpc) is 3.08. The molecule has 0 amide bonds. The summed E-state index contributed by atoms with van der Waals surface area (Å²) in [4.78, 5) is 0. The van der Waals surface area contributed by atoms with E-state index in [0.717, 1.165) is 23.3 Å². The Bertz CT molecular complexity index is 993. The number of rotatable bonds is 7.